The SMILES string of the molecule is CCCCCCCCCC/C=C\CCCCCCCCCCCCCCCCCCCCCC(=O)NC(COP(=O)([O-])OCC[N+](C)(C)C)C(O)CCCCCCCCCCCCCCC. The van der Waals surface area contributed by atoms with E-state index >= 15 is 0 Å². The van der Waals surface area contributed by atoms with Gasteiger partial charge in [0, 0.05) is 6.42 Å². The lowest BCUT2D eigenvalue weighted by Crippen LogP contribution is -2.46. The van der Waals surface area contributed by atoms with Crippen molar-refractivity contribution in [3.63, 3.8) is 0 Å². The van der Waals surface area contributed by atoms with Gasteiger partial charge in [0.2, 0.25) is 5.91 Å². The van der Waals surface area contributed by atoms with E-state index in [1.807, 2.05) is 21.1 Å². The van der Waals surface area contributed by atoms with E-state index in [2.05, 4.69) is 31.3 Å². The van der Waals surface area contributed by atoms with Crippen molar-refractivity contribution in [2.24, 2.45) is 0 Å². The van der Waals surface area contributed by atoms with Crippen molar-refractivity contribution >= 4 is 13.7 Å². The Morgan fingerprint density at radius 3 is 1.18 bits per heavy atom. The minimum atomic E-state index is -4.56. The average molecular weight is 956 g/mol. The number of phosphoric acid groups is 1. The van der Waals surface area contributed by atoms with Crippen LogP contribution >= 0.6 is 7.82 Å². The molecule has 0 rings (SSSR count). The molecule has 0 aliphatic heterocycles. The van der Waals surface area contributed by atoms with Gasteiger partial charge in [0.05, 0.1) is 39.9 Å². The third-order valence-corrected chi connectivity index (χ3v) is 14.5. The van der Waals surface area contributed by atoms with Gasteiger partial charge in [-0.2, -0.15) is 0 Å². The number of aliphatic hydroxyl groups excluding tert-OH is 1. The lowest BCUT2D eigenvalue weighted by atomic mass is 10.0. The number of unbranched alkanes of at least 4 members (excludes halogenated alkanes) is 39. The monoisotopic (exact) mass is 955 g/mol. The molecule has 66 heavy (non-hydrogen) atoms. The highest BCUT2D eigenvalue weighted by molar-refractivity contribution is 7.45. The number of quaternary nitrogens is 1. The van der Waals surface area contributed by atoms with Crippen LogP contribution in [0.3, 0.4) is 0 Å². The molecule has 0 aromatic carbocycles. The van der Waals surface area contributed by atoms with Crippen LogP contribution in [0.15, 0.2) is 12.2 Å². The second kappa shape index (κ2) is 49.2. The van der Waals surface area contributed by atoms with Crippen LogP contribution in [0.2, 0.25) is 0 Å². The molecule has 0 radical (unpaired) electrons. The quantitative estimate of drug-likeness (QED) is 0.0272. The van der Waals surface area contributed by atoms with Crippen molar-refractivity contribution in [1.82, 2.24) is 5.32 Å². The molecule has 0 bridgehead atoms. The number of nitrogens with zero attached hydrogens (tertiary/aromatic N) is 1. The maximum atomic E-state index is 13.0. The normalized spacial score (nSPS) is 14.0. The van der Waals surface area contributed by atoms with Gasteiger partial charge in [0.15, 0.2) is 0 Å². The maximum absolute atomic E-state index is 13.0. The molecule has 2 N–H and O–H groups in total. The van der Waals surface area contributed by atoms with Crippen LogP contribution in [-0.2, 0) is 18.4 Å². The van der Waals surface area contributed by atoms with Gasteiger partial charge in [-0.15, -0.1) is 0 Å². The predicted molar refractivity (Wildman–Crippen MR) is 284 cm³/mol. The largest absolute Gasteiger partial charge is 0.756 e. The highest BCUT2D eigenvalue weighted by Crippen LogP contribution is 2.38. The molecule has 0 saturated carbocycles. The molecule has 0 aliphatic carbocycles. The molecule has 3 unspecified atom stereocenters. The van der Waals surface area contributed by atoms with Gasteiger partial charge in [0.1, 0.15) is 13.2 Å². The summed E-state index contributed by atoms with van der Waals surface area (Å²) in [6.45, 7) is 4.75. The molecule has 8 nitrogen and oxygen atoms in total. The minimum Gasteiger partial charge on any atom is -0.756 e. The van der Waals surface area contributed by atoms with Crippen LogP contribution in [0, 0.1) is 0 Å². The standard InChI is InChI=1S/C57H115N2O6P/c1-6-8-10-12-14-16-18-20-21-22-23-24-25-26-27-28-29-30-31-32-33-34-35-36-37-39-41-43-45-47-49-51-57(61)58-55(54-65-66(62,63)64-53-52-59(3,4)5)56(60)50-48-46-44-42-40-38-19-17-15-13-11-9-7-2/h22-23,55-56,60H,6-21,24-54H2,1-5H3,(H-,58,61,62,63)/b23-22-. The summed E-state index contributed by atoms with van der Waals surface area (Å²) in [7, 11) is 1.32. The van der Waals surface area contributed by atoms with E-state index in [1.165, 1.54) is 231 Å². The summed E-state index contributed by atoms with van der Waals surface area (Å²) in [5, 5.41) is 14.0. The molecule has 0 fully saturated rings. The number of phosphoric ester groups is 1. The third-order valence-electron chi connectivity index (χ3n) is 13.5. The van der Waals surface area contributed by atoms with Crippen LogP contribution < -0.4 is 10.2 Å². The van der Waals surface area contributed by atoms with Gasteiger partial charge in [-0.1, -0.05) is 264 Å². The van der Waals surface area contributed by atoms with Crippen molar-refractivity contribution < 1.29 is 32.9 Å². The number of likely N-dealkylation sites (N-methyl/N-ethyl adjacent to an activating group) is 1. The van der Waals surface area contributed by atoms with Gasteiger partial charge < -0.3 is 28.8 Å². The minimum absolute atomic E-state index is 0.0153. The lowest BCUT2D eigenvalue weighted by molar-refractivity contribution is -0.870. The van der Waals surface area contributed by atoms with E-state index in [0.29, 0.717) is 23.9 Å². The first-order valence-corrected chi connectivity index (χ1v) is 30.5. The first kappa shape index (κ1) is 65.2. The van der Waals surface area contributed by atoms with Crippen molar-refractivity contribution in [3.8, 4) is 0 Å². The molecule has 1 amide bonds. The van der Waals surface area contributed by atoms with Gasteiger partial charge in [-0.25, -0.2) is 0 Å². The van der Waals surface area contributed by atoms with E-state index in [-0.39, 0.29) is 19.1 Å². The van der Waals surface area contributed by atoms with Gasteiger partial charge in [-0.3, -0.25) is 9.36 Å². The second-order valence-corrected chi connectivity index (χ2v) is 22.8. The first-order chi connectivity index (χ1) is 32.0. The van der Waals surface area contributed by atoms with E-state index in [0.717, 1.165) is 38.5 Å². The summed E-state index contributed by atoms with van der Waals surface area (Å²) in [6, 6.07) is -0.795. The summed E-state index contributed by atoms with van der Waals surface area (Å²) < 4.78 is 23.4. The van der Waals surface area contributed by atoms with Crippen LogP contribution in [0.25, 0.3) is 0 Å². The van der Waals surface area contributed by atoms with Gasteiger partial charge in [0.25, 0.3) is 7.82 Å². The van der Waals surface area contributed by atoms with E-state index in [4.69, 9.17) is 9.05 Å². The molecule has 9 heteroatoms. The first-order valence-electron chi connectivity index (χ1n) is 29.0. The molecular weight excluding hydrogens is 840 g/mol. The Bertz CT molecular complexity index is 1080. The molecular formula is C57H115N2O6P. The summed E-state index contributed by atoms with van der Waals surface area (Å²) in [4.78, 5) is 25.5. The van der Waals surface area contributed by atoms with Crippen LogP contribution in [0.4, 0.5) is 0 Å². The third kappa shape index (κ3) is 51.1. The Morgan fingerprint density at radius 1 is 0.515 bits per heavy atom. The van der Waals surface area contributed by atoms with E-state index in [9.17, 15) is 19.4 Å². The molecule has 3 atom stereocenters. The van der Waals surface area contributed by atoms with Crippen molar-refractivity contribution in [1.29, 1.82) is 0 Å². The molecule has 0 aromatic rings. The fraction of sp³-hybridized carbons (Fsp3) is 0.947. The number of hydrogen-bond donors (Lipinski definition) is 2. The smallest absolute Gasteiger partial charge is 0.268 e. The molecule has 394 valence electrons. The zero-order valence-electron chi connectivity index (χ0n) is 44.9. The molecule has 0 spiro atoms. The molecule has 0 saturated heterocycles. The highest BCUT2D eigenvalue weighted by Gasteiger charge is 2.24. The number of carbonyl (C=O) groups excluding carboxylic acids is 1. The maximum Gasteiger partial charge on any atom is 0.268 e. The molecule has 0 aromatic heterocycles. The fourth-order valence-corrected chi connectivity index (χ4v) is 9.64. The fourth-order valence-electron chi connectivity index (χ4n) is 8.92. The second-order valence-electron chi connectivity index (χ2n) is 21.4. The summed E-state index contributed by atoms with van der Waals surface area (Å²) >= 11 is 0. The van der Waals surface area contributed by atoms with Gasteiger partial charge >= 0.3 is 0 Å². The number of rotatable bonds is 54. The Labute approximate surface area is 412 Å². The van der Waals surface area contributed by atoms with E-state index in [1.54, 1.807) is 0 Å². The summed E-state index contributed by atoms with van der Waals surface area (Å²) in [5.41, 5.74) is 0. The van der Waals surface area contributed by atoms with Crippen molar-refractivity contribution in [2.45, 2.75) is 309 Å². The van der Waals surface area contributed by atoms with Crippen LogP contribution in [0.5, 0.6) is 0 Å². The summed E-state index contributed by atoms with van der Waals surface area (Å²) in [5.74, 6) is -0.159. The van der Waals surface area contributed by atoms with Crippen molar-refractivity contribution in [2.75, 3.05) is 40.9 Å². The topological polar surface area (TPSA) is 108 Å². The Hall–Kier alpha value is -0.760. The zero-order valence-corrected chi connectivity index (χ0v) is 45.8. The summed E-state index contributed by atoms with van der Waals surface area (Å²) in [6.07, 6.45) is 59.7. The number of amides is 1. The Balaban J connectivity index is 3.97. The molecule has 0 heterocycles. The number of carbonyl (C=O) groups is 1. The van der Waals surface area contributed by atoms with Crippen molar-refractivity contribution in [3.05, 3.63) is 12.2 Å². The van der Waals surface area contributed by atoms with Crippen LogP contribution in [-0.4, -0.2) is 68.5 Å². The average Bonchev–Trinajstić information content (AvgIpc) is 3.28. The number of nitrogens with one attached hydrogen (secondary N) is 1. The van der Waals surface area contributed by atoms with Crippen LogP contribution in [0.1, 0.15) is 296 Å². The predicted octanol–water partition coefficient (Wildman–Crippen LogP) is 16.8. The number of hydrogen-bond acceptors (Lipinski definition) is 6. The Morgan fingerprint density at radius 2 is 0.833 bits per heavy atom. The highest BCUT2D eigenvalue weighted by atomic mass is 31.2. The van der Waals surface area contributed by atoms with Gasteiger partial charge in [-0.05, 0) is 38.5 Å². The lowest BCUT2D eigenvalue weighted by Gasteiger charge is -2.30. The Kier molecular flexibility index (Phi) is 48.7. The number of aliphatic hydroxyl groups is 1. The van der Waals surface area contributed by atoms with E-state index < -0.39 is 20.0 Å². The zero-order chi connectivity index (χ0) is 48.5. The molecule has 0 aliphatic rings. The number of allylic oxidation sites excluding steroid dienone is 2.